The molecule has 0 radical (unpaired) electrons. The first-order chi connectivity index (χ1) is 14.6. The summed E-state index contributed by atoms with van der Waals surface area (Å²) >= 11 is 0. The lowest BCUT2D eigenvalue weighted by Gasteiger charge is -2.45. The third-order valence-corrected chi connectivity index (χ3v) is 6.62. The normalized spacial score (nSPS) is 26.1. The van der Waals surface area contributed by atoms with Gasteiger partial charge >= 0.3 is 0 Å². The van der Waals surface area contributed by atoms with Crippen LogP contribution >= 0.6 is 0 Å². The van der Waals surface area contributed by atoms with E-state index in [0.29, 0.717) is 5.56 Å². The molecule has 1 fully saturated rings. The Morgan fingerprint density at radius 2 is 1.23 bits per heavy atom. The van der Waals surface area contributed by atoms with Crippen LogP contribution in [0.1, 0.15) is 39.7 Å². The molecule has 1 saturated heterocycles. The van der Waals surface area contributed by atoms with E-state index in [4.69, 9.17) is 0 Å². The summed E-state index contributed by atoms with van der Waals surface area (Å²) in [4.78, 5) is 26.8. The molecule has 1 aliphatic heterocycles. The second-order valence-corrected chi connectivity index (χ2v) is 8.09. The van der Waals surface area contributed by atoms with Gasteiger partial charge in [0.25, 0.3) is 11.8 Å². The summed E-state index contributed by atoms with van der Waals surface area (Å²) in [7, 11) is 0. The second-order valence-electron chi connectivity index (χ2n) is 8.09. The summed E-state index contributed by atoms with van der Waals surface area (Å²) in [6, 6.07) is 22.9. The fourth-order valence-corrected chi connectivity index (χ4v) is 5.50. The Balaban J connectivity index is 1.46. The van der Waals surface area contributed by atoms with Crippen LogP contribution in [0.2, 0.25) is 0 Å². The highest BCUT2D eigenvalue weighted by molar-refractivity contribution is 6.08. The summed E-state index contributed by atoms with van der Waals surface area (Å²) in [5.41, 5.74) is 5.19. The van der Waals surface area contributed by atoms with Crippen LogP contribution in [-0.2, 0) is 9.59 Å². The van der Waals surface area contributed by atoms with Crippen molar-refractivity contribution in [2.75, 3.05) is 0 Å². The molecule has 2 bridgehead atoms. The van der Waals surface area contributed by atoms with E-state index in [2.05, 4.69) is 29.4 Å². The molecule has 0 saturated carbocycles. The number of phenols is 1. The minimum absolute atomic E-state index is 0.107. The largest absolute Gasteiger partial charge is 0.508 e. The third-order valence-electron chi connectivity index (χ3n) is 6.62. The molecule has 1 heterocycles. The van der Waals surface area contributed by atoms with Crippen molar-refractivity contribution < 1.29 is 14.7 Å². The van der Waals surface area contributed by atoms with E-state index >= 15 is 0 Å². The van der Waals surface area contributed by atoms with E-state index in [-0.39, 0.29) is 29.4 Å². The van der Waals surface area contributed by atoms with Crippen LogP contribution in [0.3, 0.4) is 0 Å². The number of hydrazone groups is 1. The molecule has 0 aromatic heterocycles. The minimum Gasteiger partial charge on any atom is -0.508 e. The number of aromatic hydroxyl groups is 1. The molecule has 0 spiro atoms. The van der Waals surface area contributed by atoms with Gasteiger partial charge in [-0.15, -0.1) is 0 Å². The molecule has 5 nitrogen and oxygen atoms in total. The minimum atomic E-state index is -0.436. The van der Waals surface area contributed by atoms with Crippen LogP contribution in [0.4, 0.5) is 0 Å². The predicted molar refractivity (Wildman–Crippen MR) is 111 cm³/mol. The number of benzene rings is 3. The van der Waals surface area contributed by atoms with Gasteiger partial charge < -0.3 is 5.11 Å². The van der Waals surface area contributed by atoms with Gasteiger partial charge in [0, 0.05) is 11.8 Å². The standard InChI is InChI=1S/C25H18N2O3/c28-15-7-5-6-14(12-15)13-26-27-24(29)22-20-16-8-1-2-9-17(16)21(23(22)25(27)30)19-11-4-3-10-18(19)20/h1-13,20-23,28H/b26-13-/t20?,21?,22-,23+. The maximum Gasteiger partial charge on any atom is 0.254 e. The molecule has 2 atom stereocenters. The molecule has 3 aromatic carbocycles. The van der Waals surface area contributed by atoms with E-state index < -0.39 is 11.8 Å². The van der Waals surface area contributed by atoms with Crippen LogP contribution in [0.5, 0.6) is 5.75 Å². The zero-order valence-corrected chi connectivity index (χ0v) is 16.0. The Morgan fingerprint density at radius 1 is 0.733 bits per heavy atom. The molecule has 7 rings (SSSR count). The topological polar surface area (TPSA) is 70.0 Å². The number of phenolic OH excluding ortho intramolecular Hbond substituents is 1. The van der Waals surface area contributed by atoms with Gasteiger partial charge in [0.1, 0.15) is 5.75 Å². The quantitative estimate of drug-likeness (QED) is 0.533. The molecule has 3 aromatic rings. The molecule has 146 valence electrons. The molecule has 1 N–H and O–H groups in total. The lowest BCUT2D eigenvalue weighted by molar-refractivity contribution is -0.139. The predicted octanol–water partition coefficient (Wildman–Crippen LogP) is 3.62. The fourth-order valence-electron chi connectivity index (χ4n) is 5.50. The number of rotatable bonds is 2. The van der Waals surface area contributed by atoms with Crippen LogP contribution in [-0.4, -0.2) is 28.1 Å². The van der Waals surface area contributed by atoms with Gasteiger partial charge in [-0.05, 0) is 39.9 Å². The van der Waals surface area contributed by atoms with E-state index in [1.165, 1.54) is 12.3 Å². The number of imide groups is 1. The van der Waals surface area contributed by atoms with Gasteiger partial charge in [-0.25, -0.2) is 0 Å². The molecule has 5 heteroatoms. The molecule has 30 heavy (non-hydrogen) atoms. The van der Waals surface area contributed by atoms with Gasteiger partial charge in [0.2, 0.25) is 0 Å². The van der Waals surface area contributed by atoms with Gasteiger partial charge in [-0.1, -0.05) is 60.7 Å². The Morgan fingerprint density at radius 3 is 1.70 bits per heavy atom. The maximum absolute atomic E-state index is 13.4. The smallest absolute Gasteiger partial charge is 0.254 e. The Bertz CT molecular complexity index is 1130. The Hall–Kier alpha value is -3.73. The van der Waals surface area contributed by atoms with Gasteiger partial charge in [-0.3, -0.25) is 9.59 Å². The fraction of sp³-hybridized carbons (Fsp3) is 0.160. The van der Waals surface area contributed by atoms with Crippen molar-refractivity contribution in [1.29, 1.82) is 0 Å². The first kappa shape index (κ1) is 17.2. The molecular weight excluding hydrogens is 376 g/mol. The zero-order chi connectivity index (χ0) is 20.4. The van der Waals surface area contributed by atoms with E-state index in [1.807, 2.05) is 24.3 Å². The van der Waals surface area contributed by atoms with Crippen molar-refractivity contribution in [1.82, 2.24) is 5.01 Å². The highest BCUT2D eigenvalue weighted by Crippen LogP contribution is 2.60. The lowest BCUT2D eigenvalue weighted by atomic mass is 9.55. The van der Waals surface area contributed by atoms with Crippen LogP contribution in [0.15, 0.2) is 77.9 Å². The van der Waals surface area contributed by atoms with Crippen LogP contribution in [0.25, 0.3) is 0 Å². The van der Waals surface area contributed by atoms with Crippen molar-refractivity contribution in [2.45, 2.75) is 11.8 Å². The first-order valence-corrected chi connectivity index (χ1v) is 10.0. The average molecular weight is 394 g/mol. The summed E-state index contributed by atoms with van der Waals surface area (Å²) in [5, 5.41) is 14.9. The van der Waals surface area contributed by atoms with Crippen molar-refractivity contribution in [3.8, 4) is 5.75 Å². The van der Waals surface area contributed by atoms with Gasteiger partial charge in [-0.2, -0.15) is 10.1 Å². The number of hydrogen-bond acceptors (Lipinski definition) is 4. The molecule has 4 aliphatic rings. The number of carbonyl (C=O) groups excluding carboxylic acids is 2. The molecule has 0 unspecified atom stereocenters. The zero-order valence-electron chi connectivity index (χ0n) is 16.0. The van der Waals surface area contributed by atoms with E-state index in [1.54, 1.807) is 18.2 Å². The van der Waals surface area contributed by atoms with Crippen LogP contribution < -0.4 is 0 Å². The number of hydrogen-bond donors (Lipinski definition) is 1. The first-order valence-electron chi connectivity index (χ1n) is 10.0. The van der Waals surface area contributed by atoms with Crippen molar-refractivity contribution in [3.63, 3.8) is 0 Å². The average Bonchev–Trinajstić information content (AvgIpc) is 3.03. The third kappa shape index (κ3) is 2.20. The van der Waals surface area contributed by atoms with E-state index in [0.717, 1.165) is 27.3 Å². The van der Waals surface area contributed by atoms with E-state index in [9.17, 15) is 14.7 Å². The highest BCUT2D eigenvalue weighted by atomic mass is 16.3. The van der Waals surface area contributed by atoms with Crippen LogP contribution in [0, 0.1) is 11.8 Å². The van der Waals surface area contributed by atoms with Crippen molar-refractivity contribution in [2.24, 2.45) is 16.9 Å². The van der Waals surface area contributed by atoms with Gasteiger partial charge in [0.05, 0.1) is 18.1 Å². The number of nitrogens with zero attached hydrogens (tertiary/aromatic N) is 2. The summed E-state index contributed by atoms with van der Waals surface area (Å²) in [5.74, 6) is -1.53. The molecular formula is C25H18N2O3. The summed E-state index contributed by atoms with van der Waals surface area (Å²) < 4.78 is 0. The molecule has 3 aliphatic carbocycles. The van der Waals surface area contributed by atoms with Gasteiger partial charge in [0.15, 0.2) is 0 Å². The van der Waals surface area contributed by atoms with Crippen molar-refractivity contribution >= 4 is 18.0 Å². The SMILES string of the molecule is O=C1[C@@H]2C3c4ccccc4C(c4ccccc43)[C@@H]2C(=O)N1/N=C\c1cccc(O)c1. The monoisotopic (exact) mass is 394 g/mol. The summed E-state index contributed by atoms with van der Waals surface area (Å²) in [6.07, 6.45) is 1.45. The maximum atomic E-state index is 13.4. The second kappa shape index (κ2) is 6.13. The van der Waals surface area contributed by atoms with Crippen molar-refractivity contribution in [3.05, 3.63) is 101 Å². The number of carbonyl (C=O) groups is 2. The lowest BCUT2D eigenvalue weighted by Crippen LogP contribution is -2.41. The Kier molecular flexibility index (Phi) is 3.51. The summed E-state index contributed by atoms with van der Waals surface area (Å²) in [6.45, 7) is 0. The highest BCUT2D eigenvalue weighted by Gasteiger charge is 2.61. The number of amides is 2. The molecule has 2 amide bonds. The Labute approximate surface area is 173 Å².